The van der Waals surface area contributed by atoms with Gasteiger partial charge in [-0.25, -0.2) is 4.98 Å². The van der Waals surface area contributed by atoms with Crippen LogP contribution >= 0.6 is 11.3 Å². The van der Waals surface area contributed by atoms with Gasteiger partial charge in [0.25, 0.3) is 0 Å². The van der Waals surface area contributed by atoms with Crippen LogP contribution in [0.5, 0.6) is 0 Å². The molecule has 1 aromatic heterocycles. The summed E-state index contributed by atoms with van der Waals surface area (Å²) in [7, 11) is 0. The van der Waals surface area contributed by atoms with Crippen molar-refractivity contribution in [2.45, 2.75) is 65.5 Å². The Balaban J connectivity index is 2.86. The number of nitrogens with zero attached hydrogens (tertiary/aromatic N) is 1. The minimum absolute atomic E-state index is 0.106. The van der Waals surface area contributed by atoms with Crippen molar-refractivity contribution in [1.82, 2.24) is 10.3 Å². The number of thiazole rings is 1. The van der Waals surface area contributed by atoms with E-state index in [0.29, 0.717) is 0 Å². The largest absolute Gasteiger partial charge is 0.395 e. The lowest BCUT2D eigenvalue weighted by Crippen LogP contribution is -2.33. The van der Waals surface area contributed by atoms with Crippen molar-refractivity contribution in [2.24, 2.45) is 0 Å². The fourth-order valence-corrected chi connectivity index (χ4v) is 2.99. The van der Waals surface area contributed by atoms with Crippen molar-refractivity contribution < 1.29 is 5.11 Å². The summed E-state index contributed by atoms with van der Waals surface area (Å²) in [5.41, 5.74) is 1.21. The molecule has 0 amide bonds. The highest BCUT2D eigenvalue weighted by molar-refractivity contribution is 7.12. The molecule has 18 heavy (non-hydrogen) atoms. The molecule has 0 spiro atoms. The molecule has 0 aliphatic rings. The number of hydrogen-bond donors (Lipinski definition) is 2. The molecule has 1 rings (SSSR count). The molecule has 2 unspecified atom stereocenters. The Labute approximate surface area is 115 Å². The molecular weight excluding hydrogens is 244 g/mol. The molecule has 0 saturated heterocycles. The standard InChI is InChI=1S/C14H26N2OS/c1-7-11(8-17)15-9(2)12-10(3)16-13(18-12)14(4,5)6/h9,11,15,17H,7-8H2,1-6H3. The maximum absolute atomic E-state index is 9.25. The summed E-state index contributed by atoms with van der Waals surface area (Å²) in [6.07, 6.45) is 0.935. The van der Waals surface area contributed by atoms with Crippen LogP contribution in [0.25, 0.3) is 0 Å². The van der Waals surface area contributed by atoms with Gasteiger partial charge in [0.2, 0.25) is 0 Å². The summed E-state index contributed by atoms with van der Waals surface area (Å²) in [5.74, 6) is 0. The zero-order valence-electron chi connectivity index (χ0n) is 12.4. The van der Waals surface area contributed by atoms with Gasteiger partial charge in [0.15, 0.2) is 0 Å². The number of aliphatic hydroxyl groups excluding tert-OH is 1. The third-order valence-electron chi connectivity index (χ3n) is 3.07. The molecule has 0 aromatic carbocycles. The average Bonchev–Trinajstić information content (AvgIpc) is 2.67. The monoisotopic (exact) mass is 270 g/mol. The molecule has 0 aliphatic carbocycles. The summed E-state index contributed by atoms with van der Waals surface area (Å²) >= 11 is 1.78. The molecule has 1 heterocycles. The van der Waals surface area contributed by atoms with E-state index in [4.69, 9.17) is 0 Å². The van der Waals surface area contributed by atoms with Gasteiger partial charge in [0.05, 0.1) is 17.3 Å². The Morgan fingerprint density at radius 1 is 1.39 bits per heavy atom. The van der Waals surface area contributed by atoms with E-state index in [1.807, 2.05) is 0 Å². The first-order chi connectivity index (χ1) is 8.29. The molecule has 0 aliphatic heterocycles. The molecule has 0 fully saturated rings. The summed E-state index contributed by atoms with van der Waals surface area (Å²) in [4.78, 5) is 5.96. The van der Waals surface area contributed by atoms with E-state index in [-0.39, 0.29) is 24.1 Å². The van der Waals surface area contributed by atoms with Crippen LogP contribution in [0.2, 0.25) is 0 Å². The predicted octanol–water partition coefficient (Wildman–Crippen LogP) is 3.17. The zero-order valence-corrected chi connectivity index (χ0v) is 13.2. The predicted molar refractivity (Wildman–Crippen MR) is 78.3 cm³/mol. The highest BCUT2D eigenvalue weighted by atomic mass is 32.1. The molecule has 2 N–H and O–H groups in total. The van der Waals surface area contributed by atoms with Gasteiger partial charge >= 0.3 is 0 Å². The normalized spacial score (nSPS) is 15.7. The Kier molecular flexibility index (Phi) is 5.32. The molecule has 4 heteroatoms. The third kappa shape index (κ3) is 3.77. The Hall–Kier alpha value is -0.450. The first-order valence-corrected chi connectivity index (χ1v) is 7.46. The fourth-order valence-electron chi connectivity index (χ4n) is 1.86. The van der Waals surface area contributed by atoms with Crippen molar-refractivity contribution in [2.75, 3.05) is 6.61 Å². The number of rotatable bonds is 5. The molecule has 1 aromatic rings. The number of aryl methyl sites for hydroxylation is 1. The molecule has 0 radical (unpaired) electrons. The molecular formula is C14H26N2OS. The smallest absolute Gasteiger partial charge is 0.0985 e. The van der Waals surface area contributed by atoms with E-state index in [9.17, 15) is 5.11 Å². The van der Waals surface area contributed by atoms with Crippen LogP contribution in [-0.2, 0) is 5.41 Å². The van der Waals surface area contributed by atoms with E-state index in [0.717, 1.165) is 12.1 Å². The maximum Gasteiger partial charge on any atom is 0.0985 e. The lowest BCUT2D eigenvalue weighted by Gasteiger charge is -2.20. The van der Waals surface area contributed by atoms with Gasteiger partial charge in [0, 0.05) is 22.4 Å². The van der Waals surface area contributed by atoms with Gasteiger partial charge in [-0.05, 0) is 20.3 Å². The van der Waals surface area contributed by atoms with Gasteiger partial charge < -0.3 is 10.4 Å². The summed E-state index contributed by atoms with van der Waals surface area (Å²) in [6.45, 7) is 13.1. The minimum Gasteiger partial charge on any atom is -0.395 e. The highest BCUT2D eigenvalue weighted by Gasteiger charge is 2.23. The van der Waals surface area contributed by atoms with Crippen molar-refractivity contribution in [1.29, 1.82) is 0 Å². The second-order valence-electron chi connectivity index (χ2n) is 5.89. The van der Waals surface area contributed by atoms with E-state index < -0.39 is 0 Å². The maximum atomic E-state index is 9.25. The van der Waals surface area contributed by atoms with Crippen molar-refractivity contribution >= 4 is 11.3 Å². The van der Waals surface area contributed by atoms with Crippen LogP contribution in [0.1, 0.15) is 62.7 Å². The summed E-state index contributed by atoms with van der Waals surface area (Å²) < 4.78 is 0. The molecule has 2 atom stereocenters. The molecule has 3 nitrogen and oxygen atoms in total. The van der Waals surface area contributed by atoms with Gasteiger partial charge in [-0.1, -0.05) is 27.7 Å². The van der Waals surface area contributed by atoms with Crippen LogP contribution in [0.4, 0.5) is 0 Å². The first-order valence-electron chi connectivity index (χ1n) is 6.64. The van der Waals surface area contributed by atoms with Crippen LogP contribution in [-0.4, -0.2) is 22.7 Å². The third-order valence-corrected chi connectivity index (χ3v) is 4.83. The second-order valence-corrected chi connectivity index (χ2v) is 6.93. The molecule has 0 saturated carbocycles. The zero-order chi connectivity index (χ0) is 13.9. The van der Waals surface area contributed by atoms with Crippen molar-refractivity contribution in [3.63, 3.8) is 0 Å². The van der Waals surface area contributed by atoms with Crippen molar-refractivity contribution in [3.05, 3.63) is 15.6 Å². The lowest BCUT2D eigenvalue weighted by atomic mass is 9.98. The highest BCUT2D eigenvalue weighted by Crippen LogP contribution is 2.32. The number of nitrogens with one attached hydrogen (secondary N) is 1. The molecule has 0 bridgehead atoms. The quantitative estimate of drug-likeness (QED) is 0.864. The fraction of sp³-hybridized carbons (Fsp3) is 0.786. The number of aliphatic hydroxyl groups is 1. The second kappa shape index (κ2) is 6.13. The van der Waals surface area contributed by atoms with Gasteiger partial charge in [0.1, 0.15) is 0 Å². The van der Waals surface area contributed by atoms with E-state index in [1.54, 1.807) is 11.3 Å². The Morgan fingerprint density at radius 2 is 2.00 bits per heavy atom. The topological polar surface area (TPSA) is 45.1 Å². The Morgan fingerprint density at radius 3 is 2.39 bits per heavy atom. The number of aromatic nitrogens is 1. The van der Waals surface area contributed by atoms with E-state index in [1.165, 1.54) is 9.88 Å². The first kappa shape index (κ1) is 15.6. The minimum atomic E-state index is 0.106. The average molecular weight is 270 g/mol. The van der Waals surface area contributed by atoms with E-state index >= 15 is 0 Å². The lowest BCUT2D eigenvalue weighted by molar-refractivity contribution is 0.230. The summed E-state index contributed by atoms with van der Waals surface area (Å²) in [5, 5.41) is 13.9. The van der Waals surface area contributed by atoms with Crippen LogP contribution in [0.3, 0.4) is 0 Å². The van der Waals surface area contributed by atoms with Crippen LogP contribution < -0.4 is 5.32 Å². The van der Waals surface area contributed by atoms with Gasteiger partial charge in [-0.2, -0.15) is 0 Å². The van der Waals surface area contributed by atoms with Gasteiger partial charge in [-0.15, -0.1) is 11.3 Å². The number of hydrogen-bond acceptors (Lipinski definition) is 4. The Bertz CT molecular complexity index is 378. The van der Waals surface area contributed by atoms with Gasteiger partial charge in [-0.3, -0.25) is 0 Å². The van der Waals surface area contributed by atoms with Crippen LogP contribution in [0.15, 0.2) is 0 Å². The van der Waals surface area contributed by atoms with Crippen molar-refractivity contribution in [3.8, 4) is 0 Å². The van der Waals surface area contributed by atoms with E-state index in [2.05, 4.69) is 51.8 Å². The van der Waals surface area contributed by atoms with Crippen LogP contribution in [0, 0.1) is 6.92 Å². The summed E-state index contributed by atoms with van der Waals surface area (Å²) in [6, 6.07) is 0.412. The SMILES string of the molecule is CCC(CO)NC(C)c1sc(C(C)(C)C)nc1C. The molecule has 104 valence electrons.